The Morgan fingerprint density at radius 1 is 1.26 bits per heavy atom. The van der Waals surface area contributed by atoms with Crippen molar-refractivity contribution in [2.45, 2.75) is 31.7 Å². The van der Waals surface area contributed by atoms with Crippen LogP contribution in [0.4, 0.5) is 9.52 Å². The van der Waals surface area contributed by atoms with Gasteiger partial charge in [-0.15, -0.1) is 0 Å². The van der Waals surface area contributed by atoms with E-state index in [1.165, 1.54) is 29.0 Å². The Hall–Kier alpha value is -2.38. The van der Waals surface area contributed by atoms with Crippen LogP contribution in [0, 0.1) is 5.82 Å². The van der Waals surface area contributed by atoms with Gasteiger partial charge in [0.15, 0.2) is 5.13 Å². The number of nitrogens with one attached hydrogen (secondary N) is 1. The molecule has 1 atom stereocenters. The fraction of sp³-hybridized carbons (Fsp3) is 0.350. The van der Waals surface area contributed by atoms with Gasteiger partial charge in [0.1, 0.15) is 5.82 Å². The first kappa shape index (κ1) is 18.0. The van der Waals surface area contributed by atoms with Crippen LogP contribution in [0.25, 0.3) is 10.2 Å². The molecule has 3 heterocycles. The number of carbonyl (C=O) groups is 1. The van der Waals surface area contributed by atoms with Crippen LogP contribution >= 0.6 is 11.3 Å². The predicted octanol–water partition coefficient (Wildman–Crippen LogP) is 4.04. The maximum absolute atomic E-state index is 13.3. The molecule has 1 aliphatic heterocycles. The Labute approximate surface area is 161 Å². The summed E-state index contributed by atoms with van der Waals surface area (Å²) in [5, 5.41) is 3.40. The fourth-order valence-corrected chi connectivity index (χ4v) is 4.48. The average Bonchev–Trinajstić information content (AvgIpc) is 3.09. The number of pyridine rings is 1. The second-order valence-corrected chi connectivity index (χ2v) is 7.92. The Kier molecular flexibility index (Phi) is 5.13. The van der Waals surface area contributed by atoms with E-state index in [0.29, 0.717) is 16.6 Å². The fourth-order valence-electron chi connectivity index (χ4n) is 3.58. The van der Waals surface area contributed by atoms with E-state index in [-0.39, 0.29) is 17.8 Å². The van der Waals surface area contributed by atoms with Gasteiger partial charge in [-0.1, -0.05) is 11.3 Å². The quantitative estimate of drug-likeness (QED) is 0.738. The second-order valence-electron chi connectivity index (χ2n) is 6.89. The standard InChI is InChI=1S/C20H21FN4OS/c1-13(25-10-6-15(7-11-25)14-4-8-22-9-5-14)19(26)24-20-23-17-3-2-16(21)12-18(17)27-20/h2-5,8-9,12-13,15H,6-7,10-11H2,1H3,(H,23,24,26)/t13-/m1/s1. The highest BCUT2D eigenvalue weighted by Crippen LogP contribution is 2.29. The normalized spacial score (nSPS) is 17.1. The minimum atomic E-state index is -0.297. The number of amides is 1. The van der Waals surface area contributed by atoms with E-state index >= 15 is 0 Å². The molecule has 0 saturated carbocycles. The highest BCUT2D eigenvalue weighted by atomic mass is 32.1. The average molecular weight is 384 g/mol. The highest BCUT2D eigenvalue weighted by molar-refractivity contribution is 7.22. The number of halogens is 1. The van der Waals surface area contributed by atoms with Gasteiger partial charge in [-0.2, -0.15) is 0 Å². The molecule has 2 aromatic heterocycles. The van der Waals surface area contributed by atoms with Crippen molar-refractivity contribution in [3.05, 3.63) is 54.1 Å². The molecule has 0 aliphatic carbocycles. The Morgan fingerprint density at radius 3 is 2.74 bits per heavy atom. The topological polar surface area (TPSA) is 58.1 Å². The molecule has 7 heteroatoms. The molecule has 0 unspecified atom stereocenters. The Balaban J connectivity index is 1.36. The second kappa shape index (κ2) is 7.70. The molecule has 27 heavy (non-hydrogen) atoms. The number of aromatic nitrogens is 2. The van der Waals surface area contributed by atoms with Crippen LogP contribution < -0.4 is 5.32 Å². The molecule has 0 bridgehead atoms. The minimum Gasteiger partial charge on any atom is -0.301 e. The van der Waals surface area contributed by atoms with Crippen molar-refractivity contribution >= 4 is 32.6 Å². The lowest BCUT2D eigenvalue weighted by Gasteiger charge is -2.35. The molecule has 1 fully saturated rings. The van der Waals surface area contributed by atoms with Crippen LogP contribution in [0.2, 0.25) is 0 Å². The summed E-state index contributed by atoms with van der Waals surface area (Å²) in [6.07, 6.45) is 5.73. The first-order valence-corrected chi connectivity index (χ1v) is 9.93. The molecule has 1 N–H and O–H groups in total. The lowest BCUT2D eigenvalue weighted by atomic mass is 9.89. The molecule has 0 radical (unpaired) electrons. The van der Waals surface area contributed by atoms with Crippen LogP contribution in [0.1, 0.15) is 31.2 Å². The first-order chi connectivity index (χ1) is 13.1. The smallest absolute Gasteiger partial charge is 0.243 e. The van der Waals surface area contributed by atoms with Gasteiger partial charge in [0, 0.05) is 12.4 Å². The van der Waals surface area contributed by atoms with Crippen molar-refractivity contribution in [3.63, 3.8) is 0 Å². The number of likely N-dealkylation sites (tertiary alicyclic amines) is 1. The summed E-state index contributed by atoms with van der Waals surface area (Å²) in [5.41, 5.74) is 2.02. The van der Waals surface area contributed by atoms with Crippen molar-refractivity contribution in [3.8, 4) is 0 Å². The number of thiazole rings is 1. The number of carbonyl (C=O) groups excluding carboxylic acids is 1. The number of anilines is 1. The number of piperidine rings is 1. The monoisotopic (exact) mass is 384 g/mol. The summed E-state index contributed by atoms with van der Waals surface area (Å²) in [5.74, 6) is 0.157. The van der Waals surface area contributed by atoms with Crippen molar-refractivity contribution in [2.24, 2.45) is 0 Å². The van der Waals surface area contributed by atoms with Crippen LogP contribution in [0.15, 0.2) is 42.7 Å². The summed E-state index contributed by atoms with van der Waals surface area (Å²) in [6.45, 7) is 3.69. The van der Waals surface area contributed by atoms with E-state index in [2.05, 4.69) is 32.3 Å². The van der Waals surface area contributed by atoms with E-state index in [1.54, 1.807) is 6.07 Å². The van der Waals surface area contributed by atoms with Crippen LogP contribution in [0.3, 0.4) is 0 Å². The van der Waals surface area contributed by atoms with Crippen LogP contribution in [-0.2, 0) is 4.79 Å². The zero-order valence-corrected chi connectivity index (χ0v) is 15.9. The summed E-state index contributed by atoms with van der Waals surface area (Å²) >= 11 is 1.29. The summed E-state index contributed by atoms with van der Waals surface area (Å²) in [6, 6.07) is 8.37. The molecule has 5 nitrogen and oxygen atoms in total. The van der Waals surface area contributed by atoms with E-state index in [4.69, 9.17) is 0 Å². The SMILES string of the molecule is C[C@H](C(=O)Nc1nc2ccc(F)cc2s1)N1CCC(c2ccncc2)CC1. The Bertz CT molecular complexity index is 938. The van der Waals surface area contributed by atoms with E-state index in [0.717, 1.165) is 30.6 Å². The number of hydrogen-bond donors (Lipinski definition) is 1. The molecule has 1 aromatic carbocycles. The van der Waals surface area contributed by atoms with Gasteiger partial charge in [-0.3, -0.25) is 14.7 Å². The lowest BCUT2D eigenvalue weighted by molar-refractivity contribution is -0.121. The maximum Gasteiger partial charge on any atom is 0.243 e. The predicted molar refractivity (Wildman–Crippen MR) is 105 cm³/mol. The zero-order valence-electron chi connectivity index (χ0n) is 15.1. The molecule has 1 amide bonds. The largest absolute Gasteiger partial charge is 0.301 e. The number of hydrogen-bond acceptors (Lipinski definition) is 5. The number of nitrogens with zero attached hydrogens (tertiary/aromatic N) is 3. The molecule has 1 aliphatic rings. The van der Waals surface area contributed by atoms with E-state index in [1.807, 2.05) is 19.3 Å². The molecule has 3 aromatic rings. The number of fused-ring (bicyclic) bond motifs is 1. The molecular formula is C20H21FN4OS. The minimum absolute atomic E-state index is 0.0723. The van der Waals surface area contributed by atoms with Crippen molar-refractivity contribution in [1.29, 1.82) is 0 Å². The number of rotatable bonds is 4. The molecule has 1 saturated heterocycles. The summed E-state index contributed by atoms with van der Waals surface area (Å²) in [4.78, 5) is 23.3. The summed E-state index contributed by atoms with van der Waals surface area (Å²) in [7, 11) is 0. The van der Waals surface area contributed by atoms with Gasteiger partial charge < -0.3 is 5.32 Å². The van der Waals surface area contributed by atoms with Gasteiger partial charge in [0.05, 0.1) is 16.3 Å². The summed E-state index contributed by atoms with van der Waals surface area (Å²) < 4.78 is 14.0. The van der Waals surface area contributed by atoms with Crippen molar-refractivity contribution in [2.75, 3.05) is 18.4 Å². The van der Waals surface area contributed by atoms with Crippen LogP contribution in [-0.4, -0.2) is 39.9 Å². The third-order valence-corrected chi connectivity index (χ3v) is 6.15. The molecule has 140 valence electrons. The van der Waals surface area contributed by atoms with Crippen molar-refractivity contribution in [1.82, 2.24) is 14.9 Å². The highest BCUT2D eigenvalue weighted by Gasteiger charge is 2.27. The van der Waals surface area contributed by atoms with Gasteiger partial charge in [0.25, 0.3) is 0 Å². The zero-order chi connectivity index (χ0) is 18.8. The van der Waals surface area contributed by atoms with Crippen molar-refractivity contribution < 1.29 is 9.18 Å². The van der Waals surface area contributed by atoms with Crippen LogP contribution in [0.5, 0.6) is 0 Å². The van der Waals surface area contributed by atoms with Gasteiger partial charge in [-0.25, -0.2) is 9.37 Å². The van der Waals surface area contributed by atoms with E-state index in [9.17, 15) is 9.18 Å². The molecule has 4 rings (SSSR count). The third kappa shape index (κ3) is 3.99. The van der Waals surface area contributed by atoms with Gasteiger partial charge >= 0.3 is 0 Å². The number of benzene rings is 1. The Morgan fingerprint density at radius 2 is 2.00 bits per heavy atom. The van der Waals surface area contributed by atoms with E-state index < -0.39 is 0 Å². The lowest BCUT2D eigenvalue weighted by Crippen LogP contribution is -2.45. The third-order valence-electron chi connectivity index (χ3n) is 5.21. The first-order valence-electron chi connectivity index (χ1n) is 9.11. The van der Waals surface area contributed by atoms with Gasteiger partial charge in [0.2, 0.25) is 5.91 Å². The maximum atomic E-state index is 13.3. The molecule has 0 spiro atoms. The van der Waals surface area contributed by atoms with Gasteiger partial charge in [-0.05, 0) is 74.7 Å². The molecular weight excluding hydrogens is 363 g/mol.